The second-order valence-electron chi connectivity index (χ2n) is 5.62. The third-order valence-corrected chi connectivity index (χ3v) is 3.92. The molecule has 2 unspecified atom stereocenters. The molecule has 0 aliphatic rings. The Morgan fingerprint density at radius 2 is 1.67 bits per heavy atom. The van der Waals surface area contributed by atoms with E-state index in [9.17, 15) is 0 Å². The summed E-state index contributed by atoms with van der Waals surface area (Å²) in [6, 6.07) is 10.6. The van der Waals surface area contributed by atoms with Crippen molar-refractivity contribution >= 4 is 0 Å². The standard InChI is InChI=1S/C18H32N2O/c1-3-5-6-7-8-12-15-17(20-19)18(21-4-2)16-13-10-9-11-14-16/h9-11,13-14,17-18,20H,3-8,12,15,19H2,1-2H3. The number of hydrogen-bond acceptors (Lipinski definition) is 3. The minimum Gasteiger partial charge on any atom is -0.372 e. The van der Waals surface area contributed by atoms with Crippen molar-refractivity contribution in [2.45, 2.75) is 70.9 Å². The molecule has 1 aromatic carbocycles. The Morgan fingerprint density at radius 3 is 2.29 bits per heavy atom. The summed E-state index contributed by atoms with van der Waals surface area (Å²) in [5.74, 6) is 5.77. The van der Waals surface area contributed by atoms with Gasteiger partial charge in [-0.1, -0.05) is 75.8 Å². The summed E-state index contributed by atoms with van der Waals surface area (Å²) in [5.41, 5.74) is 4.16. The van der Waals surface area contributed by atoms with Crippen molar-refractivity contribution in [3.05, 3.63) is 35.9 Å². The monoisotopic (exact) mass is 292 g/mol. The molecule has 0 aliphatic heterocycles. The highest BCUT2D eigenvalue weighted by Crippen LogP contribution is 2.24. The SMILES string of the molecule is CCCCCCCCC(NN)C(OCC)c1ccccc1. The lowest BCUT2D eigenvalue weighted by atomic mass is 9.97. The molecule has 0 amide bonds. The van der Waals surface area contributed by atoms with Crippen LogP contribution in [0.25, 0.3) is 0 Å². The highest BCUT2D eigenvalue weighted by molar-refractivity contribution is 5.19. The van der Waals surface area contributed by atoms with E-state index in [-0.39, 0.29) is 12.1 Å². The number of nitrogens with one attached hydrogen (secondary N) is 1. The molecule has 0 fully saturated rings. The van der Waals surface area contributed by atoms with Crippen molar-refractivity contribution in [2.75, 3.05) is 6.61 Å². The van der Waals surface area contributed by atoms with Gasteiger partial charge in [0.1, 0.15) is 0 Å². The lowest BCUT2D eigenvalue weighted by Crippen LogP contribution is -2.40. The second-order valence-corrected chi connectivity index (χ2v) is 5.62. The second kappa shape index (κ2) is 11.7. The normalized spacial score (nSPS) is 14.0. The zero-order valence-electron chi connectivity index (χ0n) is 13.7. The van der Waals surface area contributed by atoms with E-state index in [0.29, 0.717) is 6.61 Å². The molecule has 0 heterocycles. The first-order chi connectivity index (χ1) is 10.3. The molecule has 2 atom stereocenters. The van der Waals surface area contributed by atoms with E-state index in [0.717, 1.165) is 6.42 Å². The molecule has 3 heteroatoms. The fourth-order valence-electron chi connectivity index (χ4n) is 2.73. The molecule has 3 N–H and O–H groups in total. The molecule has 0 aromatic heterocycles. The van der Waals surface area contributed by atoms with Crippen LogP contribution in [-0.2, 0) is 4.74 Å². The molecule has 0 spiro atoms. The number of rotatable bonds is 12. The van der Waals surface area contributed by atoms with Crippen LogP contribution in [0, 0.1) is 0 Å². The van der Waals surface area contributed by atoms with Gasteiger partial charge in [-0.25, -0.2) is 0 Å². The van der Waals surface area contributed by atoms with Gasteiger partial charge in [0.25, 0.3) is 0 Å². The van der Waals surface area contributed by atoms with Gasteiger partial charge in [0, 0.05) is 6.61 Å². The molecular formula is C18H32N2O. The summed E-state index contributed by atoms with van der Waals surface area (Å²) in [6.07, 6.45) is 8.91. The molecule has 1 rings (SSSR count). The number of hydrogen-bond donors (Lipinski definition) is 2. The van der Waals surface area contributed by atoms with Gasteiger partial charge in [-0.05, 0) is 18.9 Å². The van der Waals surface area contributed by atoms with Crippen LogP contribution in [0.2, 0.25) is 0 Å². The summed E-state index contributed by atoms with van der Waals surface area (Å²) < 4.78 is 5.93. The summed E-state index contributed by atoms with van der Waals surface area (Å²) >= 11 is 0. The van der Waals surface area contributed by atoms with E-state index >= 15 is 0 Å². The zero-order chi connectivity index (χ0) is 15.3. The third kappa shape index (κ3) is 7.07. The van der Waals surface area contributed by atoms with Crippen LogP contribution in [0.15, 0.2) is 30.3 Å². The summed E-state index contributed by atoms with van der Waals surface area (Å²) in [5, 5.41) is 0. The van der Waals surface area contributed by atoms with Crippen LogP contribution in [0.4, 0.5) is 0 Å². The maximum Gasteiger partial charge on any atom is 0.0991 e. The average Bonchev–Trinajstić information content (AvgIpc) is 2.53. The van der Waals surface area contributed by atoms with E-state index < -0.39 is 0 Å². The molecular weight excluding hydrogens is 260 g/mol. The number of benzene rings is 1. The molecule has 120 valence electrons. The largest absolute Gasteiger partial charge is 0.372 e. The molecule has 0 saturated carbocycles. The maximum absolute atomic E-state index is 5.93. The minimum absolute atomic E-state index is 0.0387. The quantitative estimate of drug-likeness (QED) is 0.342. The number of unbranched alkanes of at least 4 members (excludes halogenated alkanes) is 5. The maximum atomic E-state index is 5.93. The van der Waals surface area contributed by atoms with Gasteiger partial charge >= 0.3 is 0 Å². The zero-order valence-corrected chi connectivity index (χ0v) is 13.7. The Balaban J connectivity index is 2.46. The highest BCUT2D eigenvalue weighted by atomic mass is 16.5. The van der Waals surface area contributed by atoms with Gasteiger partial charge in [0.15, 0.2) is 0 Å². The molecule has 0 bridgehead atoms. The van der Waals surface area contributed by atoms with Crippen LogP contribution in [0.5, 0.6) is 0 Å². The van der Waals surface area contributed by atoms with Gasteiger partial charge in [-0.2, -0.15) is 0 Å². The van der Waals surface area contributed by atoms with Crippen molar-refractivity contribution in [2.24, 2.45) is 5.84 Å². The van der Waals surface area contributed by atoms with Gasteiger partial charge in [-0.15, -0.1) is 0 Å². The molecule has 21 heavy (non-hydrogen) atoms. The predicted octanol–water partition coefficient (Wildman–Crippen LogP) is 4.35. The molecule has 3 nitrogen and oxygen atoms in total. The third-order valence-electron chi connectivity index (χ3n) is 3.92. The highest BCUT2D eigenvalue weighted by Gasteiger charge is 2.22. The van der Waals surface area contributed by atoms with E-state index in [1.54, 1.807) is 0 Å². The first-order valence-electron chi connectivity index (χ1n) is 8.46. The smallest absolute Gasteiger partial charge is 0.0991 e. The summed E-state index contributed by atoms with van der Waals surface area (Å²) in [6.45, 7) is 4.99. The van der Waals surface area contributed by atoms with Gasteiger partial charge < -0.3 is 4.74 Å². The lowest BCUT2D eigenvalue weighted by Gasteiger charge is -2.27. The molecule has 0 aliphatic carbocycles. The summed E-state index contributed by atoms with van der Waals surface area (Å²) in [7, 11) is 0. The Kier molecular flexibility index (Phi) is 10.1. The van der Waals surface area contributed by atoms with E-state index in [2.05, 4.69) is 36.6 Å². The Hall–Kier alpha value is -0.900. The van der Waals surface area contributed by atoms with Gasteiger partial charge in [-0.3, -0.25) is 11.3 Å². The first kappa shape index (κ1) is 18.1. The molecule has 0 saturated heterocycles. The van der Waals surface area contributed by atoms with Crippen LogP contribution in [0.1, 0.15) is 70.5 Å². The van der Waals surface area contributed by atoms with Crippen LogP contribution >= 0.6 is 0 Å². The Morgan fingerprint density at radius 1 is 1.00 bits per heavy atom. The molecule has 1 aromatic rings. The Labute approximate surface area is 130 Å². The fraction of sp³-hybridized carbons (Fsp3) is 0.667. The number of hydrazine groups is 1. The molecule has 0 radical (unpaired) electrons. The van der Waals surface area contributed by atoms with E-state index in [1.165, 1.54) is 44.1 Å². The van der Waals surface area contributed by atoms with E-state index in [4.69, 9.17) is 10.6 Å². The van der Waals surface area contributed by atoms with Crippen LogP contribution in [-0.4, -0.2) is 12.6 Å². The van der Waals surface area contributed by atoms with Crippen LogP contribution in [0.3, 0.4) is 0 Å². The minimum atomic E-state index is 0.0387. The van der Waals surface area contributed by atoms with Gasteiger partial charge in [0.05, 0.1) is 12.1 Å². The van der Waals surface area contributed by atoms with Crippen molar-refractivity contribution in [3.63, 3.8) is 0 Å². The van der Waals surface area contributed by atoms with E-state index in [1.807, 2.05) is 13.0 Å². The average molecular weight is 292 g/mol. The van der Waals surface area contributed by atoms with Crippen molar-refractivity contribution in [1.29, 1.82) is 0 Å². The van der Waals surface area contributed by atoms with Crippen molar-refractivity contribution in [1.82, 2.24) is 5.43 Å². The van der Waals surface area contributed by atoms with Gasteiger partial charge in [0.2, 0.25) is 0 Å². The number of ether oxygens (including phenoxy) is 1. The Bertz CT molecular complexity index is 342. The van der Waals surface area contributed by atoms with Crippen molar-refractivity contribution < 1.29 is 4.74 Å². The summed E-state index contributed by atoms with van der Waals surface area (Å²) in [4.78, 5) is 0. The predicted molar refractivity (Wildman–Crippen MR) is 89.9 cm³/mol. The number of nitrogens with two attached hydrogens (primary N) is 1. The lowest BCUT2D eigenvalue weighted by molar-refractivity contribution is 0.0301. The van der Waals surface area contributed by atoms with Crippen LogP contribution < -0.4 is 11.3 Å². The fourth-order valence-corrected chi connectivity index (χ4v) is 2.73. The first-order valence-corrected chi connectivity index (χ1v) is 8.46. The van der Waals surface area contributed by atoms with Crippen molar-refractivity contribution in [3.8, 4) is 0 Å². The topological polar surface area (TPSA) is 47.3 Å².